The normalized spacial score (nSPS) is 19.1. The van der Waals surface area contributed by atoms with E-state index >= 15 is 0 Å². The van der Waals surface area contributed by atoms with Crippen molar-refractivity contribution in [3.05, 3.63) is 29.6 Å². The zero-order valence-electron chi connectivity index (χ0n) is 9.16. The molecule has 86 valence electrons. The maximum absolute atomic E-state index is 13.4. The van der Waals surface area contributed by atoms with Crippen molar-refractivity contribution in [2.75, 3.05) is 0 Å². The third-order valence-corrected chi connectivity index (χ3v) is 3.09. The molecule has 3 nitrogen and oxygen atoms in total. The van der Waals surface area contributed by atoms with Crippen molar-refractivity contribution in [2.45, 2.75) is 26.4 Å². The van der Waals surface area contributed by atoms with Crippen LogP contribution in [0.15, 0.2) is 18.2 Å². The van der Waals surface area contributed by atoms with Crippen LogP contribution in [0.5, 0.6) is 5.75 Å². The van der Waals surface area contributed by atoms with E-state index < -0.39 is 17.5 Å². The number of carboxylic acid groups (broad SMARTS) is 1. The van der Waals surface area contributed by atoms with Crippen molar-refractivity contribution in [1.29, 1.82) is 0 Å². The average Bonchev–Trinajstić information content (AvgIpc) is 2.63. The Balaban J connectivity index is 2.30. The monoisotopic (exact) mass is 224 g/mol. The first-order valence-corrected chi connectivity index (χ1v) is 5.10. The lowest BCUT2D eigenvalue weighted by molar-refractivity contribution is -0.151. The predicted octanol–water partition coefficient (Wildman–Crippen LogP) is 2.24. The first kappa shape index (κ1) is 10.9. The fraction of sp³-hybridized carbons (Fsp3) is 0.417. The van der Waals surface area contributed by atoms with Gasteiger partial charge in [-0.25, -0.2) is 4.39 Å². The Morgan fingerprint density at radius 2 is 2.25 bits per heavy atom. The predicted molar refractivity (Wildman–Crippen MR) is 55.9 cm³/mol. The third-order valence-electron chi connectivity index (χ3n) is 3.09. The van der Waals surface area contributed by atoms with Gasteiger partial charge in [-0.2, -0.15) is 0 Å². The van der Waals surface area contributed by atoms with Gasteiger partial charge in [0.15, 0.2) is 0 Å². The highest BCUT2D eigenvalue weighted by molar-refractivity contribution is 5.74. The van der Waals surface area contributed by atoms with Crippen LogP contribution in [-0.2, 0) is 11.2 Å². The largest absolute Gasteiger partial charge is 0.489 e. The van der Waals surface area contributed by atoms with E-state index in [4.69, 9.17) is 9.84 Å². The number of carbonyl (C=O) groups is 1. The van der Waals surface area contributed by atoms with E-state index in [0.29, 0.717) is 17.7 Å². The molecule has 0 radical (unpaired) electrons. The number of hydrogen-bond acceptors (Lipinski definition) is 2. The molecule has 1 aliphatic heterocycles. The van der Waals surface area contributed by atoms with Gasteiger partial charge in [0.1, 0.15) is 17.7 Å². The van der Waals surface area contributed by atoms with Crippen LogP contribution in [-0.4, -0.2) is 17.2 Å². The van der Waals surface area contributed by atoms with Crippen molar-refractivity contribution in [1.82, 2.24) is 0 Å². The number of aliphatic carboxylic acids is 1. The molecule has 2 rings (SSSR count). The van der Waals surface area contributed by atoms with Crippen molar-refractivity contribution >= 4 is 5.97 Å². The van der Waals surface area contributed by atoms with E-state index in [1.54, 1.807) is 26.0 Å². The van der Waals surface area contributed by atoms with Crippen LogP contribution in [0.4, 0.5) is 4.39 Å². The number of hydrogen-bond donors (Lipinski definition) is 1. The molecule has 1 N–H and O–H groups in total. The third kappa shape index (κ3) is 1.54. The first-order chi connectivity index (χ1) is 7.43. The molecule has 0 saturated carbocycles. The molecule has 0 bridgehead atoms. The maximum Gasteiger partial charge on any atom is 0.312 e. The van der Waals surface area contributed by atoms with Crippen LogP contribution in [0.25, 0.3) is 0 Å². The molecular weight excluding hydrogens is 211 g/mol. The number of halogens is 1. The zero-order valence-corrected chi connectivity index (χ0v) is 9.16. The molecule has 4 heteroatoms. The molecule has 1 aromatic rings. The molecule has 1 heterocycles. The fourth-order valence-electron chi connectivity index (χ4n) is 1.77. The average molecular weight is 224 g/mol. The van der Waals surface area contributed by atoms with Crippen LogP contribution in [0.2, 0.25) is 0 Å². The first-order valence-electron chi connectivity index (χ1n) is 5.10. The number of benzene rings is 1. The second-order valence-corrected chi connectivity index (χ2v) is 4.55. The molecule has 1 atom stereocenters. The van der Waals surface area contributed by atoms with E-state index in [2.05, 4.69) is 0 Å². The lowest BCUT2D eigenvalue weighted by atomic mass is 9.84. The maximum atomic E-state index is 13.4. The van der Waals surface area contributed by atoms with Crippen molar-refractivity contribution < 1.29 is 19.0 Å². The summed E-state index contributed by atoms with van der Waals surface area (Å²) in [5.74, 6) is -0.814. The highest BCUT2D eigenvalue weighted by Crippen LogP contribution is 2.37. The highest BCUT2D eigenvalue weighted by Gasteiger charge is 2.42. The molecule has 0 saturated heterocycles. The number of ether oxygens (including phenoxy) is 1. The fourth-order valence-corrected chi connectivity index (χ4v) is 1.77. The van der Waals surface area contributed by atoms with Crippen molar-refractivity contribution in [2.24, 2.45) is 5.41 Å². The van der Waals surface area contributed by atoms with Gasteiger partial charge in [0.05, 0.1) is 5.41 Å². The van der Waals surface area contributed by atoms with Crippen molar-refractivity contribution in [3.63, 3.8) is 0 Å². The van der Waals surface area contributed by atoms with Gasteiger partial charge in [0, 0.05) is 12.0 Å². The van der Waals surface area contributed by atoms with E-state index in [-0.39, 0.29) is 5.82 Å². The second kappa shape index (κ2) is 3.47. The number of fused-ring (bicyclic) bond motifs is 1. The minimum Gasteiger partial charge on any atom is -0.489 e. The van der Waals surface area contributed by atoms with Crippen molar-refractivity contribution in [3.8, 4) is 5.75 Å². The summed E-state index contributed by atoms with van der Waals surface area (Å²) in [6.07, 6.45) is -0.210. The summed E-state index contributed by atoms with van der Waals surface area (Å²) < 4.78 is 18.9. The van der Waals surface area contributed by atoms with E-state index in [1.807, 2.05) is 0 Å². The van der Waals surface area contributed by atoms with E-state index in [1.165, 1.54) is 6.07 Å². The van der Waals surface area contributed by atoms with E-state index in [9.17, 15) is 9.18 Å². The van der Waals surface area contributed by atoms with E-state index in [0.717, 1.165) is 0 Å². The van der Waals surface area contributed by atoms with Gasteiger partial charge in [-0.1, -0.05) is 6.07 Å². The molecule has 0 spiro atoms. The van der Waals surface area contributed by atoms with Gasteiger partial charge in [-0.15, -0.1) is 0 Å². The lowest BCUT2D eigenvalue weighted by Gasteiger charge is -2.25. The molecule has 0 amide bonds. The molecule has 1 unspecified atom stereocenters. The standard InChI is InChI=1S/C12H13FO3/c1-12(2,11(14)15)10-6-7-8(13)4-3-5-9(7)16-10/h3-5,10H,6H2,1-2H3,(H,14,15). The quantitative estimate of drug-likeness (QED) is 0.838. The summed E-state index contributed by atoms with van der Waals surface area (Å²) in [6.45, 7) is 3.17. The summed E-state index contributed by atoms with van der Waals surface area (Å²) in [5, 5.41) is 9.08. The molecule has 0 aliphatic carbocycles. The summed E-state index contributed by atoms with van der Waals surface area (Å²) in [5.41, 5.74) is -0.548. The Morgan fingerprint density at radius 3 is 2.81 bits per heavy atom. The summed E-state index contributed by atoms with van der Waals surface area (Å²) in [6, 6.07) is 4.58. The zero-order chi connectivity index (χ0) is 11.9. The SMILES string of the molecule is CC(C)(C(=O)O)C1Cc2c(F)cccc2O1. The Morgan fingerprint density at radius 1 is 1.56 bits per heavy atom. The Bertz CT molecular complexity index is 440. The Labute approximate surface area is 92.9 Å². The van der Waals surface area contributed by atoms with Gasteiger partial charge < -0.3 is 9.84 Å². The number of carboxylic acids is 1. The number of rotatable bonds is 2. The van der Waals surface area contributed by atoms with Gasteiger partial charge >= 0.3 is 5.97 Å². The van der Waals surface area contributed by atoms with Crippen LogP contribution >= 0.6 is 0 Å². The molecule has 16 heavy (non-hydrogen) atoms. The molecule has 0 aromatic heterocycles. The lowest BCUT2D eigenvalue weighted by Crippen LogP contribution is -2.40. The van der Waals surface area contributed by atoms with Crippen LogP contribution in [0.3, 0.4) is 0 Å². The summed E-state index contributed by atoms with van der Waals surface area (Å²) in [7, 11) is 0. The van der Waals surface area contributed by atoms with Crippen LogP contribution in [0.1, 0.15) is 19.4 Å². The minimum absolute atomic E-state index is 0.307. The molecule has 0 fully saturated rings. The van der Waals surface area contributed by atoms with Crippen LogP contribution in [0, 0.1) is 11.2 Å². The van der Waals surface area contributed by atoms with Gasteiger partial charge in [-0.05, 0) is 26.0 Å². The second-order valence-electron chi connectivity index (χ2n) is 4.55. The molecule has 1 aromatic carbocycles. The van der Waals surface area contributed by atoms with Crippen LogP contribution < -0.4 is 4.74 Å². The molecule has 1 aliphatic rings. The highest BCUT2D eigenvalue weighted by atomic mass is 19.1. The Hall–Kier alpha value is -1.58. The minimum atomic E-state index is -1.02. The van der Waals surface area contributed by atoms with Gasteiger partial charge in [-0.3, -0.25) is 4.79 Å². The van der Waals surface area contributed by atoms with Gasteiger partial charge in [0.2, 0.25) is 0 Å². The smallest absolute Gasteiger partial charge is 0.312 e. The summed E-state index contributed by atoms with van der Waals surface area (Å²) in [4.78, 5) is 11.1. The Kier molecular flexibility index (Phi) is 2.37. The molecular formula is C12H13FO3. The summed E-state index contributed by atoms with van der Waals surface area (Å²) >= 11 is 0. The van der Waals surface area contributed by atoms with Gasteiger partial charge in [0.25, 0.3) is 0 Å². The topological polar surface area (TPSA) is 46.5 Å².